The number of nitrogens with one attached hydrogen (secondary N) is 2. The number of carbonyl (C=O) groups is 1. The molecule has 20 heavy (non-hydrogen) atoms. The Morgan fingerprint density at radius 1 is 1.10 bits per heavy atom. The van der Waals surface area contributed by atoms with E-state index >= 15 is 0 Å². The molecule has 0 fully saturated rings. The zero-order valence-corrected chi connectivity index (χ0v) is 10.9. The first-order chi connectivity index (χ1) is 9.71. The van der Waals surface area contributed by atoms with Crippen molar-refractivity contribution in [1.82, 2.24) is 0 Å². The molecule has 2 rings (SSSR count). The molecule has 0 atom stereocenters. The third kappa shape index (κ3) is 3.50. The maximum atomic E-state index is 11.8. The van der Waals surface area contributed by atoms with E-state index in [2.05, 4.69) is 10.6 Å². The van der Waals surface area contributed by atoms with Crippen LogP contribution < -0.4 is 15.4 Å². The number of nitriles is 1. The van der Waals surface area contributed by atoms with Crippen molar-refractivity contribution in [1.29, 1.82) is 5.26 Å². The van der Waals surface area contributed by atoms with Gasteiger partial charge in [-0.2, -0.15) is 5.26 Å². The maximum Gasteiger partial charge on any atom is 0.323 e. The summed E-state index contributed by atoms with van der Waals surface area (Å²) in [5, 5.41) is 14.1. The maximum absolute atomic E-state index is 11.8. The van der Waals surface area contributed by atoms with E-state index in [9.17, 15) is 4.79 Å². The minimum atomic E-state index is -0.381. The summed E-state index contributed by atoms with van der Waals surface area (Å²) in [5.74, 6) is 0.661. The number of methoxy groups -OCH3 is 1. The molecular weight excluding hydrogens is 254 g/mol. The van der Waals surface area contributed by atoms with Gasteiger partial charge in [-0.05, 0) is 30.3 Å². The molecule has 0 heterocycles. The van der Waals surface area contributed by atoms with Crippen LogP contribution in [0.5, 0.6) is 5.75 Å². The Labute approximate surface area is 116 Å². The molecule has 100 valence electrons. The van der Waals surface area contributed by atoms with Crippen LogP contribution >= 0.6 is 0 Å². The summed E-state index contributed by atoms with van der Waals surface area (Å²) in [6, 6.07) is 15.4. The molecule has 2 amide bonds. The normalized spacial score (nSPS) is 9.40. The number of hydrogen-bond donors (Lipinski definition) is 2. The number of rotatable bonds is 3. The number of amides is 2. The summed E-state index contributed by atoms with van der Waals surface area (Å²) in [6.45, 7) is 0. The highest BCUT2D eigenvalue weighted by Gasteiger charge is 2.04. The fraction of sp³-hybridized carbons (Fsp3) is 0.0667. The molecule has 5 nitrogen and oxygen atoms in total. The topological polar surface area (TPSA) is 74.2 Å². The van der Waals surface area contributed by atoms with Crippen molar-refractivity contribution in [3.8, 4) is 11.8 Å². The first kappa shape index (κ1) is 13.4. The van der Waals surface area contributed by atoms with E-state index < -0.39 is 0 Å². The second-order valence-electron chi connectivity index (χ2n) is 4.00. The molecule has 0 aromatic heterocycles. The predicted octanol–water partition coefficient (Wildman–Crippen LogP) is 3.21. The molecule has 2 N–H and O–H groups in total. The Balaban J connectivity index is 2.03. The van der Waals surface area contributed by atoms with Gasteiger partial charge in [-0.15, -0.1) is 0 Å². The molecule has 0 aliphatic rings. The SMILES string of the molecule is COc1cccc(NC(=O)Nc2cccc(C#N)c2)c1. The molecule has 0 radical (unpaired) electrons. The van der Waals surface area contributed by atoms with Crippen LogP contribution in [0.2, 0.25) is 0 Å². The quantitative estimate of drug-likeness (QED) is 0.896. The molecular formula is C15H13N3O2. The fourth-order valence-electron chi connectivity index (χ4n) is 1.66. The first-order valence-corrected chi connectivity index (χ1v) is 5.93. The molecule has 0 bridgehead atoms. The summed E-state index contributed by atoms with van der Waals surface area (Å²) >= 11 is 0. The third-order valence-corrected chi connectivity index (χ3v) is 2.58. The fourth-order valence-corrected chi connectivity index (χ4v) is 1.66. The lowest BCUT2D eigenvalue weighted by Gasteiger charge is -2.08. The van der Waals surface area contributed by atoms with E-state index in [-0.39, 0.29) is 6.03 Å². The highest BCUT2D eigenvalue weighted by Crippen LogP contribution is 2.17. The molecule has 0 aliphatic heterocycles. The molecule has 2 aromatic carbocycles. The lowest BCUT2D eigenvalue weighted by Crippen LogP contribution is -2.19. The number of ether oxygens (including phenoxy) is 1. The van der Waals surface area contributed by atoms with Crippen LogP contribution in [0, 0.1) is 11.3 Å². The van der Waals surface area contributed by atoms with Crippen LogP contribution in [-0.4, -0.2) is 13.1 Å². The van der Waals surface area contributed by atoms with Crippen molar-refractivity contribution >= 4 is 17.4 Å². The number of anilines is 2. The minimum absolute atomic E-state index is 0.381. The van der Waals surface area contributed by atoms with Crippen LogP contribution in [0.3, 0.4) is 0 Å². The molecule has 0 saturated heterocycles. The Kier molecular flexibility index (Phi) is 4.20. The average Bonchev–Trinajstić information content (AvgIpc) is 2.47. The van der Waals surface area contributed by atoms with E-state index in [1.807, 2.05) is 6.07 Å². The number of hydrogen-bond acceptors (Lipinski definition) is 3. The highest BCUT2D eigenvalue weighted by atomic mass is 16.5. The molecule has 0 spiro atoms. The van der Waals surface area contributed by atoms with Gasteiger partial charge < -0.3 is 15.4 Å². The van der Waals surface area contributed by atoms with Gasteiger partial charge in [0.15, 0.2) is 0 Å². The molecule has 0 aliphatic carbocycles. The first-order valence-electron chi connectivity index (χ1n) is 5.93. The summed E-state index contributed by atoms with van der Waals surface area (Å²) in [6.07, 6.45) is 0. The molecule has 5 heteroatoms. The lowest BCUT2D eigenvalue weighted by atomic mass is 10.2. The van der Waals surface area contributed by atoms with Gasteiger partial charge in [0.1, 0.15) is 5.75 Å². The monoisotopic (exact) mass is 267 g/mol. The Hall–Kier alpha value is -3.00. The van der Waals surface area contributed by atoms with Crippen LogP contribution in [0.25, 0.3) is 0 Å². The van der Waals surface area contributed by atoms with E-state index in [0.717, 1.165) is 0 Å². The minimum Gasteiger partial charge on any atom is -0.497 e. The molecule has 0 saturated carbocycles. The van der Waals surface area contributed by atoms with Gasteiger partial charge in [-0.1, -0.05) is 12.1 Å². The lowest BCUT2D eigenvalue weighted by molar-refractivity contribution is 0.262. The zero-order valence-electron chi connectivity index (χ0n) is 10.9. The Morgan fingerprint density at radius 3 is 2.40 bits per heavy atom. The summed E-state index contributed by atoms with van der Waals surface area (Å²) in [5.41, 5.74) is 1.67. The second-order valence-corrected chi connectivity index (χ2v) is 4.00. The van der Waals surface area contributed by atoms with E-state index in [1.54, 1.807) is 55.6 Å². The van der Waals surface area contributed by atoms with Gasteiger partial charge in [-0.25, -0.2) is 4.79 Å². The standard InChI is InChI=1S/C15H13N3O2/c1-20-14-7-3-6-13(9-14)18-15(19)17-12-5-2-4-11(8-12)10-16/h2-9H,1H3,(H2,17,18,19). The van der Waals surface area contributed by atoms with Crippen molar-refractivity contribution in [2.24, 2.45) is 0 Å². The van der Waals surface area contributed by atoms with E-state index in [4.69, 9.17) is 10.00 Å². The second kappa shape index (κ2) is 6.25. The van der Waals surface area contributed by atoms with Crippen LogP contribution in [-0.2, 0) is 0 Å². The van der Waals surface area contributed by atoms with Crippen LogP contribution in [0.4, 0.5) is 16.2 Å². The molecule has 0 unspecified atom stereocenters. The van der Waals surface area contributed by atoms with Gasteiger partial charge in [0.2, 0.25) is 0 Å². The smallest absolute Gasteiger partial charge is 0.323 e. The predicted molar refractivity (Wildman–Crippen MR) is 76.8 cm³/mol. The number of carbonyl (C=O) groups excluding carboxylic acids is 1. The van der Waals surface area contributed by atoms with Gasteiger partial charge in [0, 0.05) is 17.4 Å². The summed E-state index contributed by atoms with van der Waals surface area (Å²) in [7, 11) is 1.56. The zero-order chi connectivity index (χ0) is 14.4. The van der Waals surface area contributed by atoms with Crippen LogP contribution in [0.1, 0.15) is 5.56 Å². The number of nitrogens with zero attached hydrogens (tertiary/aromatic N) is 1. The number of urea groups is 1. The highest BCUT2D eigenvalue weighted by molar-refractivity contribution is 5.99. The van der Waals surface area contributed by atoms with Gasteiger partial charge in [-0.3, -0.25) is 0 Å². The van der Waals surface area contributed by atoms with Crippen molar-refractivity contribution in [2.75, 3.05) is 17.7 Å². The van der Waals surface area contributed by atoms with Crippen molar-refractivity contribution in [2.45, 2.75) is 0 Å². The Bertz CT molecular complexity index is 662. The van der Waals surface area contributed by atoms with Gasteiger partial charge >= 0.3 is 6.03 Å². The van der Waals surface area contributed by atoms with Crippen molar-refractivity contribution < 1.29 is 9.53 Å². The molecule has 2 aromatic rings. The summed E-state index contributed by atoms with van der Waals surface area (Å²) in [4.78, 5) is 11.8. The number of benzene rings is 2. The Morgan fingerprint density at radius 2 is 1.75 bits per heavy atom. The van der Waals surface area contributed by atoms with E-state index in [1.165, 1.54) is 0 Å². The van der Waals surface area contributed by atoms with E-state index in [0.29, 0.717) is 22.7 Å². The van der Waals surface area contributed by atoms with Crippen molar-refractivity contribution in [3.63, 3.8) is 0 Å². The van der Waals surface area contributed by atoms with Crippen molar-refractivity contribution in [3.05, 3.63) is 54.1 Å². The van der Waals surface area contributed by atoms with Crippen LogP contribution in [0.15, 0.2) is 48.5 Å². The summed E-state index contributed by atoms with van der Waals surface area (Å²) < 4.78 is 5.08. The average molecular weight is 267 g/mol. The largest absolute Gasteiger partial charge is 0.497 e. The third-order valence-electron chi connectivity index (χ3n) is 2.58. The van der Waals surface area contributed by atoms with Gasteiger partial charge in [0.05, 0.1) is 18.7 Å². The van der Waals surface area contributed by atoms with Gasteiger partial charge in [0.25, 0.3) is 0 Å².